The summed E-state index contributed by atoms with van der Waals surface area (Å²) in [5.74, 6) is -2.25. The van der Waals surface area contributed by atoms with Crippen molar-refractivity contribution in [3.8, 4) is 0 Å². The van der Waals surface area contributed by atoms with Gasteiger partial charge in [-0.1, -0.05) is 31.2 Å². The quantitative estimate of drug-likeness (QED) is 0.829. The molecule has 2 atom stereocenters. The number of carboxylic acids is 1. The van der Waals surface area contributed by atoms with Gasteiger partial charge in [-0.05, 0) is 37.0 Å². The van der Waals surface area contributed by atoms with Gasteiger partial charge in [0.15, 0.2) is 0 Å². The Morgan fingerprint density at radius 2 is 1.95 bits per heavy atom. The molecule has 1 aromatic carbocycles. The molecule has 2 N–H and O–H groups in total. The maximum Gasteiger partial charge on any atom is 0.307 e. The highest BCUT2D eigenvalue weighted by Crippen LogP contribution is 2.27. The van der Waals surface area contributed by atoms with Crippen LogP contribution in [0.1, 0.15) is 25.3 Å². The first-order valence-corrected chi connectivity index (χ1v) is 6.89. The van der Waals surface area contributed by atoms with Crippen LogP contribution in [-0.2, 0) is 16.0 Å². The molecule has 0 saturated heterocycles. The minimum atomic E-state index is -0.906. The number of carbonyl (C=O) groups excluding carboxylic acids is 1. The molecule has 0 heterocycles. The van der Waals surface area contributed by atoms with Gasteiger partial charge in [0.2, 0.25) is 5.91 Å². The molecule has 4 nitrogen and oxygen atoms in total. The first kappa shape index (κ1) is 14.3. The number of carboxylic acid groups (broad SMARTS) is 1. The molecule has 1 amide bonds. The molecule has 0 bridgehead atoms. The van der Waals surface area contributed by atoms with Crippen molar-refractivity contribution in [2.75, 3.05) is 5.32 Å². The van der Waals surface area contributed by atoms with Crippen LogP contribution in [0.25, 0.3) is 0 Å². The van der Waals surface area contributed by atoms with E-state index in [1.165, 1.54) is 0 Å². The highest BCUT2D eigenvalue weighted by atomic mass is 16.4. The lowest BCUT2D eigenvalue weighted by molar-refractivity contribution is -0.146. The van der Waals surface area contributed by atoms with Gasteiger partial charge in [0.1, 0.15) is 0 Å². The Morgan fingerprint density at radius 3 is 2.60 bits per heavy atom. The van der Waals surface area contributed by atoms with Gasteiger partial charge in [0.05, 0.1) is 11.8 Å². The zero-order valence-corrected chi connectivity index (χ0v) is 11.5. The van der Waals surface area contributed by atoms with Gasteiger partial charge in [-0.15, -0.1) is 0 Å². The fourth-order valence-electron chi connectivity index (χ4n) is 2.48. The third kappa shape index (κ3) is 3.26. The van der Waals surface area contributed by atoms with E-state index >= 15 is 0 Å². The van der Waals surface area contributed by atoms with Crippen LogP contribution >= 0.6 is 0 Å². The predicted molar refractivity (Wildman–Crippen MR) is 77.4 cm³/mol. The van der Waals surface area contributed by atoms with Gasteiger partial charge in [-0.2, -0.15) is 0 Å². The minimum absolute atomic E-state index is 0.213. The molecule has 0 aromatic heterocycles. The lowest BCUT2D eigenvalue weighted by Crippen LogP contribution is -2.34. The zero-order chi connectivity index (χ0) is 14.5. The highest BCUT2D eigenvalue weighted by molar-refractivity contribution is 5.95. The summed E-state index contributed by atoms with van der Waals surface area (Å²) >= 11 is 0. The van der Waals surface area contributed by atoms with Crippen LogP contribution < -0.4 is 5.32 Å². The van der Waals surface area contributed by atoms with Crippen molar-refractivity contribution < 1.29 is 14.7 Å². The van der Waals surface area contributed by atoms with Crippen LogP contribution in [0.5, 0.6) is 0 Å². The average molecular weight is 273 g/mol. The fourth-order valence-corrected chi connectivity index (χ4v) is 2.48. The molecule has 1 aliphatic rings. The van der Waals surface area contributed by atoms with Crippen molar-refractivity contribution in [1.29, 1.82) is 0 Å². The second-order valence-electron chi connectivity index (χ2n) is 5.04. The number of amides is 1. The molecule has 4 heteroatoms. The van der Waals surface area contributed by atoms with Crippen molar-refractivity contribution in [1.82, 2.24) is 0 Å². The Labute approximate surface area is 118 Å². The maximum atomic E-state index is 12.3. The maximum absolute atomic E-state index is 12.3. The number of rotatable bonds is 4. The molecule has 0 fully saturated rings. The number of aliphatic carboxylic acids is 1. The van der Waals surface area contributed by atoms with Crippen LogP contribution in [0, 0.1) is 11.8 Å². The number of aryl methyl sites for hydroxylation is 1. The number of benzene rings is 1. The predicted octanol–water partition coefficient (Wildman–Crippen LogP) is 2.85. The summed E-state index contributed by atoms with van der Waals surface area (Å²) in [7, 11) is 0. The number of hydrogen-bond acceptors (Lipinski definition) is 2. The second-order valence-corrected chi connectivity index (χ2v) is 5.04. The number of hydrogen-bond donors (Lipinski definition) is 2. The summed E-state index contributed by atoms with van der Waals surface area (Å²) < 4.78 is 0. The molecular formula is C16H19NO3. The van der Waals surface area contributed by atoms with Crippen LogP contribution in [0.2, 0.25) is 0 Å². The van der Waals surface area contributed by atoms with E-state index in [0.29, 0.717) is 12.8 Å². The van der Waals surface area contributed by atoms with Crippen molar-refractivity contribution in [3.05, 3.63) is 42.0 Å². The molecule has 0 saturated carbocycles. The van der Waals surface area contributed by atoms with E-state index in [9.17, 15) is 14.7 Å². The molecular weight excluding hydrogens is 254 g/mol. The molecule has 106 valence electrons. The Balaban J connectivity index is 2.10. The normalized spacial score (nSPS) is 21.4. The molecule has 2 unspecified atom stereocenters. The summed E-state index contributed by atoms with van der Waals surface area (Å²) in [5, 5.41) is 12.0. The molecule has 1 aromatic rings. The lowest BCUT2D eigenvalue weighted by atomic mass is 9.82. The van der Waals surface area contributed by atoms with Gasteiger partial charge in [-0.3, -0.25) is 9.59 Å². The monoisotopic (exact) mass is 273 g/mol. The van der Waals surface area contributed by atoms with Crippen molar-refractivity contribution in [3.63, 3.8) is 0 Å². The van der Waals surface area contributed by atoms with Gasteiger partial charge in [0, 0.05) is 5.69 Å². The van der Waals surface area contributed by atoms with E-state index in [1.54, 1.807) is 0 Å². The Morgan fingerprint density at radius 1 is 1.25 bits per heavy atom. The number of carbonyl (C=O) groups is 2. The third-order valence-corrected chi connectivity index (χ3v) is 3.69. The van der Waals surface area contributed by atoms with Crippen LogP contribution in [-0.4, -0.2) is 17.0 Å². The summed E-state index contributed by atoms with van der Waals surface area (Å²) in [6.45, 7) is 2.05. The summed E-state index contributed by atoms with van der Waals surface area (Å²) in [4.78, 5) is 23.5. The van der Waals surface area contributed by atoms with E-state index in [2.05, 4.69) is 5.32 Å². The fraction of sp³-hybridized carbons (Fsp3) is 0.375. The average Bonchev–Trinajstić information content (AvgIpc) is 2.47. The van der Waals surface area contributed by atoms with E-state index in [4.69, 9.17) is 0 Å². The van der Waals surface area contributed by atoms with Crippen LogP contribution in [0.3, 0.4) is 0 Å². The lowest BCUT2D eigenvalue weighted by Gasteiger charge is -2.24. The topological polar surface area (TPSA) is 66.4 Å². The van der Waals surface area contributed by atoms with E-state index < -0.39 is 17.8 Å². The van der Waals surface area contributed by atoms with Crippen LogP contribution in [0.4, 0.5) is 5.69 Å². The van der Waals surface area contributed by atoms with E-state index in [1.807, 2.05) is 43.3 Å². The van der Waals surface area contributed by atoms with Crippen molar-refractivity contribution >= 4 is 17.6 Å². The number of nitrogens with one attached hydrogen (secondary N) is 1. The minimum Gasteiger partial charge on any atom is -0.481 e. The largest absolute Gasteiger partial charge is 0.481 e. The Kier molecular flexibility index (Phi) is 4.56. The highest BCUT2D eigenvalue weighted by Gasteiger charge is 2.33. The van der Waals surface area contributed by atoms with Gasteiger partial charge < -0.3 is 10.4 Å². The standard InChI is InChI=1S/C16H19NO3/c1-2-11-6-5-7-12(10-11)17-15(18)13-8-3-4-9-14(13)16(19)20/h3-7,10,13-14H,2,8-9H2,1H3,(H,17,18)(H,19,20). The van der Waals surface area contributed by atoms with Crippen molar-refractivity contribution in [2.24, 2.45) is 11.8 Å². The summed E-state index contributed by atoms with van der Waals surface area (Å²) in [5.41, 5.74) is 1.87. The molecule has 1 aliphatic carbocycles. The van der Waals surface area contributed by atoms with E-state index in [-0.39, 0.29) is 5.91 Å². The SMILES string of the molecule is CCc1cccc(NC(=O)C2CC=CCC2C(=O)O)c1. The number of allylic oxidation sites excluding steroid dienone is 2. The summed E-state index contributed by atoms with van der Waals surface area (Å²) in [6, 6.07) is 7.64. The van der Waals surface area contributed by atoms with Gasteiger partial charge in [-0.25, -0.2) is 0 Å². The second kappa shape index (κ2) is 6.37. The molecule has 20 heavy (non-hydrogen) atoms. The van der Waals surface area contributed by atoms with E-state index in [0.717, 1.165) is 17.7 Å². The molecule has 0 aliphatic heterocycles. The first-order chi connectivity index (χ1) is 9.61. The Hall–Kier alpha value is -2.10. The van der Waals surface area contributed by atoms with Crippen LogP contribution in [0.15, 0.2) is 36.4 Å². The first-order valence-electron chi connectivity index (χ1n) is 6.89. The molecule has 2 rings (SSSR count). The van der Waals surface area contributed by atoms with Crippen molar-refractivity contribution in [2.45, 2.75) is 26.2 Å². The Bertz CT molecular complexity index is 536. The number of anilines is 1. The molecule has 0 radical (unpaired) electrons. The van der Waals surface area contributed by atoms with Gasteiger partial charge >= 0.3 is 5.97 Å². The smallest absolute Gasteiger partial charge is 0.307 e. The van der Waals surface area contributed by atoms with Gasteiger partial charge in [0.25, 0.3) is 0 Å². The summed E-state index contributed by atoms with van der Waals surface area (Å²) in [6.07, 6.45) is 5.51. The zero-order valence-electron chi connectivity index (χ0n) is 11.5. The third-order valence-electron chi connectivity index (χ3n) is 3.69. The molecule has 0 spiro atoms.